The van der Waals surface area contributed by atoms with Crippen LogP contribution in [0.15, 0.2) is 0 Å². The zero-order chi connectivity index (χ0) is 10.8. The summed E-state index contributed by atoms with van der Waals surface area (Å²) >= 11 is 0. The molecule has 0 bridgehead atoms. The van der Waals surface area contributed by atoms with E-state index >= 15 is 0 Å². The molecule has 0 fully saturated rings. The molecule has 0 aromatic carbocycles. The Morgan fingerprint density at radius 3 is 1.93 bits per heavy atom. The molecular weight excluding hydrogens is 170 g/mol. The van der Waals surface area contributed by atoms with Gasteiger partial charge >= 0.3 is 0 Å². The molecule has 14 heavy (non-hydrogen) atoms. The number of rotatable bonds is 9. The molecule has 0 spiro atoms. The Morgan fingerprint density at radius 2 is 1.43 bits per heavy atom. The van der Waals surface area contributed by atoms with Crippen LogP contribution in [0.3, 0.4) is 0 Å². The molecule has 1 N–H and O–H groups in total. The van der Waals surface area contributed by atoms with Gasteiger partial charge in [0, 0.05) is 12.1 Å². The first kappa shape index (κ1) is 14.0. The summed E-state index contributed by atoms with van der Waals surface area (Å²) in [5.41, 5.74) is 0. The van der Waals surface area contributed by atoms with Crippen LogP contribution in [-0.2, 0) is 0 Å². The smallest absolute Gasteiger partial charge is 0.00694 e. The molecule has 0 aliphatic carbocycles. The first-order valence-electron chi connectivity index (χ1n) is 6.46. The molecule has 0 amide bonds. The minimum Gasteiger partial charge on any atom is -0.312 e. The minimum absolute atomic E-state index is 0.637. The molecule has 1 atom stereocenters. The molecule has 0 aromatic heterocycles. The monoisotopic (exact) mass is 199 g/mol. The van der Waals surface area contributed by atoms with E-state index in [2.05, 4.69) is 33.0 Å². The highest BCUT2D eigenvalue weighted by Gasteiger charge is 2.08. The number of nitrogens with one attached hydrogen (secondary N) is 1. The van der Waals surface area contributed by atoms with Gasteiger partial charge in [0.25, 0.3) is 0 Å². The fraction of sp³-hybridized carbons (Fsp3) is 1.00. The van der Waals surface area contributed by atoms with Crippen LogP contribution in [0, 0.1) is 0 Å². The van der Waals surface area contributed by atoms with Crippen LogP contribution < -0.4 is 5.32 Å². The van der Waals surface area contributed by atoms with Gasteiger partial charge in [0.05, 0.1) is 0 Å². The standard InChI is InChI=1S/C13H29N/c1-5-7-9-11-13(10-8-6-2)14-12(3)4/h12-14H,5-11H2,1-4H3. The molecule has 0 saturated heterocycles. The molecule has 0 radical (unpaired) electrons. The summed E-state index contributed by atoms with van der Waals surface area (Å²) < 4.78 is 0. The molecule has 0 rings (SSSR count). The first-order chi connectivity index (χ1) is 6.70. The van der Waals surface area contributed by atoms with Gasteiger partial charge in [0.15, 0.2) is 0 Å². The van der Waals surface area contributed by atoms with Gasteiger partial charge in [-0.2, -0.15) is 0 Å². The lowest BCUT2D eigenvalue weighted by atomic mass is 10.0. The summed E-state index contributed by atoms with van der Waals surface area (Å²) in [5, 5.41) is 3.67. The van der Waals surface area contributed by atoms with Gasteiger partial charge < -0.3 is 5.32 Å². The fourth-order valence-corrected chi connectivity index (χ4v) is 1.87. The molecule has 1 nitrogen and oxygen atoms in total. The van der Waals surface area contributed by atoms with Crippen molar-refractivity contribution in [3.63, 3.8) is 0 Å². The predicted molar refractivity (Wildman–Crippen MR) is 65.7 cm³/mol. The highest BCUT2D eigenvalue weighted by Crippen LogP contribution is 2.10. The Hall–Kier alpha value is -0.0400. The summed E-state index contributed by atoms with van der Waals surface area (Å²) in [6, 6.07) is 1.40. The lowest BCUT2D eigenvalue weighted by Gasteiger charge is -2.21. The van der Waals surface area contributed by atoms with Crippen molar-refractivity contribution in [2.45, 2.75) is 84.7 Å². The second kappa shape index (κ2) is 9.51. The van der Waals surface area contributed by atoms with E-state index in [0.29, 0.717) is 6.04 Å². The lowest BCUT2D eigenvalue weighted by Crippen LogP contribution is -2.34. The Bertz CT molecular complexity index is 110. The van der Waals surface area contributed by atoms with Crippen LogP contribution in [0.1, 0.15) is 72.6 Å². The topological polar surface area (TPSA) is 12.0 Å². The van der Waals surface area contributed by atoms with Gasteiger partial charge in [0.2, 0.25) is 0 Å². The predicted octanol–water partition coefficient (Wildman–Crippen LogP) is 4.12. The van der Waals surface area contributed by atoms with Gasteiger partial charge in [0.1, 0.15) is 0 Å². The van der Waals surface area contributed by atoms with Crippen LogP contribution in [0.25, 0.3) is 0 Å². The molecule has 1 heteroatoms. The van der Waals surface area contributed by atoms with E-state index in [-0.39, 0.29) is 0 Å². The first-order valence-corrected chi connectivity index (χ1v) is 6.46. The van der Waals surface area contributed by atoms with E-state index in [1.54, 1.807) is 0 Å². The van der Waals surface area contributed by atoms with Crippen LogP contribution in [0.5, 0.6) is 0 Å². The highest BCUT2D eigenvalue weighted by atomic mass is 14.9. The van der Waals surface area contributed by atoms with Crippen LogP contribution in [0.4, 0.5) is 0 Å². The summed E-state index contributed by atoms with van der Waals surface area (Å²) in [6.45, 7) is 9.05. The molecular formula is C13H29N. The third kappa shape index (κ3) is 8.55. The van der Waals surface area contributed by atoms with Crippen molar-refractivity contribution < 1.29 is 0 Å². The van der Waals surface area contributed by atoms with Gasteiger partial charge in [-0.05, 0) is 12.8 Å². The summed E-state index contributed by atoms with van der Waals surface area (Å²) in [7, 11) is 0. The van der Waals surface area contributed by atoms with E-state index in [9.17, 15) is 0 Å². The van der Waals surface area contributed by atoms with E-state index < -0.39 is 0 Å². The normalized spacial score (nSPS) is 13.5. The van der Waals surface area contributed by atoms with Crippen LogP contribution in [-0.4, -0.2) is 12.1 Å². The average Bonchev–Trinajstić information content (AvgIpc) is 2.13. The molecule has 0 aliphatic heterocycles. The molecule has 0 heterocycles. The highest BCUT2D eigenvalue weighted by molar-refractivity contribution is 4.69. The summed E-state index contributed by atoms with van der Waals surface area (Å²) in [4.78, 5) is 0. The third-order valence-corrected chi connectivity index (χ3v) is 2.63. The van der Waals surface area contributed by atoms with Crippen molar-refractivity contribution in [2.75, 3.05) is 0 Å². The van der Waals surface area contributed by atoms with Crippen molar-refractivity contribution in [1.29, 1.82) is 0 Å². The fourth-order valence-electron chi connectivity index (χ4n) is 1.87. The quantitative estimate of drug-likeness (QED) is 0.551. The Balaban J connectivity index is 3.61. The van der Waals surface area contributed by atoms with Gasteiger partial charge in [-0.1, -0.05) is 59.8 Å². The van der Waals surface area contributed by atoms with Crippen LogP contribution in [0.2, 0.25) is 0 Å². The summed E-state index contributed by atoms with van der Waals surface area (Å²) in [5.74, 6) is 0. The molecule has 1 unspecified atom stereocenters. The van der Waals surface area contributed by atoms with Gasteiger partial charge in [-0.25, -0.2) is 0 Å². The second-order valence-corrected chi connectivity index (χ2v) is 4.66. The van der Waals surface area contributed by atoms with Gasteiger partial charge in [-0.15, -0.1) is 0 Å². The zero-order valence-corrected chi connectivity index (χ0v) is 10.6. The summed E-state index contributed by atoms with van der Waals surface area (Å²) in [6.07, 6.45) is 9.54. The van der Waals surface area contributed by atoms with Crippen LogP contribution >= 0.6 is 0 Å². The Labute approximate surface area is 90.7 Å². The zero-order valence-electron chi connectivity index (χ0n) is 10.6. The lowest BCUT2D eigenvalue weighted by molar-refractivity contribution is 0.393. The molecule has 0 aliphatic rings. The molecule has 86 valence electrons. The van der Waals surface area contributed by atoms with E-state index in [1.807, 2.05) is 0 Å². The van der Waals surface area contributed by atoms with Crippen molar-refractivity contribution >= 4 is 0 Å². The molecule has 0 aromatic rings. The number of unbranched alkanes of at least 4 members (excludes halogenated alkanes) is 3. The maximum atomic E-state index is 3.67. The van der Waals surface area contributed by atoms with Gasteiger partial charge in [-0.3, -0.25) is 0 Å². The van der Waals surface area contributed by atoms with Crippen molar-refractivity contribution in [1.82, 2.24) is 5.32 Å². The second-order valence-electron chi connectivity index (χ2n) is 4.66. The number of hydrogen-bond donors (Lipinski definition) is 1. The van der Waals surface area contributed by atoms with E-state index in [4.69, 9.17) is 0 Å². The maximum Gasteiger partial charge on any atom is 0.00694 e. The van der Waals surface area contributed by atoms with Crippen molar-refractivity contribution in [3.8, 4) is 0 Å². The van der Waals surface area contributed by atoms with Crippen molar-refractivity contribution in [2.24, 2.45) is 0 Å². The SMILES string of the molecule is CCCCCC(CCCC)NC(C)C. The van der Waals surface area contributed by atoms with Crippen molar-refractivity contribution in [3.05, 3.63) is 0 Å². The minimum atomic E-state index is 0.637. The van der Waals surface area contributed by atoms with E-state index in [0.717, 1.165) is 6.04 Å². The van der Waals surface area contributed by atoms with E-state index in [1.165, 1.54) is 44.9 Å². The third-order valence-electron chi connectivity index (χ3n) is 2.63. The Morgan fingerprint density at radius 1 is 0.857 bits per heavy atom. The largest absolute Gasteiger partial charge is 0.312 e. The average molecular weight is 199 g/mol. The number of hydrogen-bond acceptors (Lipinski definition) is 1. The Kier molecular flexibility index (Phi) is 9.49. The maximum absolute atomic E-state index is 3.67. The molecule has 0 saturated carbocycles.